The molecule has 14 heteroatoms. The fourth-order valence-corrected chi connectivity index (χ4v) is 9.70. The van der Waals surface area contributed by atoms with Crippen LogP contribution in [-0.4, -0.2) is 118 Å². The van der Waals surface area contributed by atoms with E-state index in [2.05, 4.69) is 37.8 Å². The quantitative estimate of drug-likeness (QED) is 0.114. The Hall–Kier alpha value is -4.98. The summed E-state index contributed by atoms with van der Waals surface area (Å²) in [6.07, 6.45) is 3.20. The second-order valence-corrected chi connectivity index (χ2v) is 18.2. The van der Waals surface area contributed by atoms with Crippen molar-refractivity contribution >= 4 is 62.6 Å². The van der Waals surface area contributed by atoms with Crippen LogP contribution in [-0.2, 0) is 19.5 Å². The topological polar surface area (TPSA) is 112 Å². The van der Waals surface area contributed by atoms with E-state index in [0.29, 0.717) is 55.5 Å². The molecule has 3 aromatic heterocycles. The zero-order valence-corrected chi connectivity index (χ0v) is 38.5. The number of carbonyl (C=O) groups excluding carboxylic acids is 1. The van der Waals surface area contributed by atoms with Gasteiger partial charge < -0.3 is 33.7 Å². The largest absolute Gasteiger partial charge is 0.494 e. The van der Waals surface area contributed by atoms with Crippen molar-refractivity contribution in [2.75, 3.05) is 71.9 Å². The Kier molecular flexibility index (Phi) is 12.4. The highest BCUT2D eigenvalue weighted by Crippen LogP contribution is 2.45. The SMILES string of the molecule is Cc1cc(OCCCc2c3n(c4c(-c5c(C)nc(CN6CCN(C)CC6)nc5C)c(Cl)ccc24)[C@H](C)CN(c2cn(CCN(C)C)c4ccc(C(=O)O)cc24)C3=O)cc(C)c1Cl. The summed E-state index contributed by atoms with van der Waals surface area (Å²) in [5.41, 5.74) is 9.41. The summed E-state index contributed by atoms with van der Waals surface area (Å²) < 4.78 is 10.6. The van der Waals surface area contributed by atoms with E-state index >= 15 is 4.79 Å². The van der Waals surface area contributed by atoms with Crippen molar-refractivity contribution < 1.29 is 19.4 Å². The number of fused-ring (bicyclic) bond motifs is 4. The molecule has 5 heterocycles. The van der Waals surface area contributed by atoms with Crippen LogP contribution in [0.15, 0.2) is 48.7 Å². The van der Waals surface area contributed by atoms with Crippen molar-refractivity contribution in [3.63, 3.8) is 0 Å². The highest BCUT2D eigenvalue weighted by Gasteiger charge is 2.38. The van der Waals surface area contributed by atoms with Crippen LogP contribution in [0, 0.1) is 27.7 Å². The molecule has 0 bridgehead atoms. The predicted molar refractivity (Wildman–Crippen MR) is 249 cm³/mol. The van der Waals surface area contributed by atoms with Gasteiger partial charge in [0.1, 0.15) is 17.3 Å². The number of carbonyl (C=O) groups is 2. The minimum absolute atomic E-state index is 0.152. The molecule has 326 valence electrons. The lowest BCUT2D eigenvalue weighted by Crippen LogP contribution is -2.44. The number of aromatic nitrogens is 4. The molecule has 1 atom stereocenters. The Labute approximate surface area is 373 Å². The molecule has 1 N–H and O–H groups in total. The van der Waals surface area contributed by atoms with Gasteiger partial charge in [0.05, 0.1) is 40.5 Å². The summed E-state index contributed by atoms with van der Waals surface area (Å²) in [7, 11) is 6.19. The number of amides is 1. The van der Waals surface area contributed by atoms with Gasteiger partial charge in [-0.25, -0.2) is 14.8 Å². The fraction of sp³-hybridized carbons (Fsp3) is 0.417. The number of aromatic carboxylic acids is 1. The van der Waals surface area contributed by atoms with Gasteiger partial charge in [0.25, 0.3) is 5.91 Å². The summed E-state index contributed by atoms with van der Waals surface area (Å²) in [4.78, 5) is 46.5. The van der Waals surface area contributed by atoms with E-state index in [1.54, 1.807) is 12.1 Å². The van der Waals surface area contributed by atoms with Gasteiger partial charge in [0, 0.05) is 96.4 Å². The highest BCUT2D eigenvalue weighted by molar-refractivity contribution is 6.35. The third-order valence-electron chi connectivity index (χ3n) is 12.5. The lowest BCUT2D eigenvalue weighted by Gasteiger charge is -2.34. The lowest BCUT2D eigenvalue weighted by molar-refractivity contribution is 0.0696. The molecule has 0 radical (unpaired) electrons. The zero-order chi connectivity index (χ0) is 44.1. The summed E-state index contributed by atoms with van der Waals surface area (Å²) in [5, 5.41) is 13.0. The van der Waals surface area contributed by atoms with Crippen molar-refractivity contribution in [3.8, 4) is 16.9 Å². The second kappa shape index (κ2) is 17.7. The smallest absolute Gasteiger partial charge is 0.335 e. The number of carboxylic acid groups (broad SMARTS) is 1. The molecule has 0 spiro atoms. The van der Waals surface area contributed by atoms with Crippen molar-refractivity contribution in [2.45, 2.75) is 66.6 Å². The molecule has 2 aliphatic heterocycles. The Morgan fingerprint density at radius 1 is 0.935 bits per heavy atom. The summed E-state index contributed by atoms with van der Waals surface area (Å²) >= 11 is 13.7. The van der Waals surface area contributed by atoms with Crippen LogP contribution in [0.5, 0.6) is 5.75 Å². The number of nitrogens with zero attached hydrogens (tertiary/aromatic N) is 8. The number of carboxylic acids is 1. The molecule has 0 aliphatic carbocycles. The molecule has 8 rings (SSSR count). The molecule has 1 amide bonds. The van der Waals surface area contributed by atoms with Gasteiger partial charge >= 0.3 is 5.97 Å². The molecule has 6 aromatic rings. The maximum absolute atomic E-state index is 15.4. The average Bonchev–Trinajstić information content (AvgIpc) is 3.76. The first-order chi connectivity index (χ1) is 29.6. The first-order valence-electron chi connectivity index (χ1n) is 21.4. The van der Waals surface area contributed by atoms with Crippen LogP contribution in [0.4, 0.5) is 5.69 Å². The number of aryl methyl sites for hydroxylation is 5. The fourth-order valence-electron chi connectivity index (χ4n) is 9.35. The van der Waals surface area contributed by atoms with Crippen molar-refractivity contribution in [3.05, 3.63) is 104 Å². The van der Waals surface area contributed by atoms with Crippen molar-refractivity contribution in [1.29, 1.82) is 0 Å². The van der Waals surface area contributed by atoms with Crippen LogP contribution in [0.25, 0.3) is 32.9 Å². The number of halogens is 2. The molecule has 1 fully saturated rings. The second-order valence-electron chi connectivity index (χ2n) is 17.4. The number of hydrogen-bond donors (Lipinski definition) is 1. The van der Waals surface area contributed by atoms with Gasteiger partial charge in [-0.1, -0.05) is 29.3 Å². The molecule has 2 aliphatic rings. The normalized spacial score (nSPS) is 16.3. The summed E-state index contributed by atoms with van der Waals surface area (Å²) in [5.74, 6) is 0.375. The zero-order valence-electron chi connectivity index (χ0n) is 37.0. The van der Waals surface area contributed by atoms with E-state index in [1.165, 1.54) is 0 Å². The van der Waals surface area contributed by atoms with Crippen LogP contribution >= 0.6 is 23.2 Å². The third kappa shape index (κ3) is 8.31. The number of piperazine rings is 1. The van der Waals surface area contributed by atoms with Gasteiger partial charge in [0.2, 0.25) is 0 Å². The number of rotatable bonds is 13. The van der Waals surface area contributed by atoms with E-state index in [-0.39, 0.29) is 17.5 Å². The van der Waals surface area contributed by atoms with Crippen LogP contribution in [0.3, 0.4) is 0 Å². The van der Waals surface area contributed by atoms with Crippen LogP contribution in [0.2, 0.25) is 10.0 Å². The standard InChI is InChI=1S/C48H56Cl2N8O4/c1-28-22-34(23-29(2)44(28)50)62-21-9-10-35-36-12-13-38(49)43(42-31(4)51-41(52-32(42)5)27-55-18-16-54(8)17-19-55)45(36)58-30(3)25-57(47(59)46(35)58)40-26-56(20-15-53(6)7)39-14-11-33(48(60)61)24-37(39)40/h11-14,22-24,26,30H,9-10,15-21,25,27H2,1-8H3,(H,60,61)/t30-/m1/s1. The van der Waals surface area contributed by atoms with E-state index < -0.39 is 5.97 Å². The predicted octanol–water partition coefficient (Wildman–Crippen LogP) is 8.83. The molecule has 1 saturated heterocycles. The molecule has 62 heavy (non-hydrogen) atoms. The number of likely N-dealkylation sites (N-methyl/N-ethyl adjacent to an activating group) is 2. The molecular formula is C48H56Cl2N8O4. The lowest BCUT2D eigenvalue weighted by atomic mass is 9.97. The third-order valence-corrected chi connectivity index (χ3v) is 13.4. The minimum Gasteiger partial charge on any atom is -0.494 e. The van der Waals surface area contributed by atoms with Gasteiger partial charge in [0.15, 0.2) is 0 Å². The van der Waals surface area contributed by atoms with Crippen LogP contribution in [0.1, 0.15) is 74.1 Å². The summed E-state index contributed by atoms with van der Waals surface area (Å²) in [6.45, 7) is 17.0. The Bertz CT molecular complexity index is 2670. The molecular weight excluding hydrogens is 823 g/mol. The van der Waals surface area contributed by atoms with Gasteiger partial charge in [-0.15, -0.1) is 0 Å². The van der Waals surface area contributed by atoms with Crippen molar-refractivity contribution in [2.24, 2.45) is 0 Å². The van der Waals surface area contributed by atoms with E-state index in [4.69, 9.17) is 37.9 Å². The van der Waals surface area contributed by atoms with Gasteiger partial charge in [-0.2, -0.15) is 0 Å². The Morgan fingerprint density at radius 3 is 2.29 bits per heavy atom. The summed E-state index contributed by atoms with van der Waals surface area (Å²) in [6, 6.07) is 12.9. The van der Waals surface area contributed by atoms with Gasteiger partial charge in [-0.05, 0) is 122 Å². The molecule has 12 nitrogen and oxygen atoms in total. The molecule has 0 unspecified atom stereocenters. The monoisotopic (exact) mass is 878 g/mol. The van der Waals surface area contributed by atoms with Crippen LogP contribution < -0.4 is 9.64 Å². The molecule has 0 saturated carbocycles. The average molecular weight is 880 g/mol. The van der Waals surface area contributed by atoms with E-state index in [0.717, 1.165) is 110 Å². The number of anilines is 1. The van der Waals surface area contributed by atoms with E-state index in [9.17, 15) is 9.90 Å². The minimum atomic E-state index is -1.02. The van der Waals surface area contributed by atoms with Crippen molar-refractivity contribution in [1.82, 2.24) is 33.8 Å². The van der Waals surface area contributed by atoms with Gasteiger partial charge in [-0.3, -0.25) is 9.69 Å². The number of hydrogen-bond acceptors (Lipinski definition) is 8. The number of ether oxygens (including phenoxy) is 1. The first kappa shape index (κ1) is 43.7. The highest BCUT2D eigenvalue weighted by atomic mass is 35.5. The maximum atomic E-state index is 15.4. The molecule has 3 aromatic carbocycles. The first-order valence-corrected chi connectivity index (χ1v) is 22.2. The maximum Gasteiger partial charge on any atom is 0.335 e. The van der Waals surface area contributed by atoms with E-state index in [1.807, 2.05) is 83.2 Å². The Balaban J connectivity index is 1.25. The Morgan fingerprint density at radius 2 is 1.63 bits per heavy atom. The number of benzene rings is 3.